The van der Waals surface area contributed by atoms with Gasteiger partial charge in [0.2, 0.25) is 5.91 Å². The highest BCUT2D eigenvalue weighted by atomic mass is 127. The van der Waals surface area contributed by atoms with Crippen LogP contribution >= 0.6 is 35.3 Å². The number of halogens is 1. The van der Waals surface area contributed by atoms with Crippen LogP contribution in [0.2, 0.25) is 0 Å². The maximum absolute atomic E-state index is 11.7. The van der Waals surface area contributed by atoms with E-state index in [1.165, 1.54) is 4.88 Å². The Hall–Kier alpha value is -0.900. The summed E-state index contributed by atoms with van der Waals surface area (Å²) < 4.78 is 0. The first-order valence-corrected chi connectivity index (χ1v) is 8.46. The molecule has 0 radical (unpaired) electrons. The Morgan fingerprint density at radius 3 is 2.65 bits per heavy atom. The summed E-state index contributed by atoms with van der Waals surface area (Å²) in [6.45, 7) is 7.06. The number of aromatic nitrogens is 1. The third-order valence-electron chi connectivity index (χ3n) is 3.22. The minimum Gasteiger partial charge on any atom is -0.354 e. The van der Waals surface area contributed by atoms with Gasteiger partial charge in [-0.1, -0.05) is 13.8 Å². The molecule has 0 spiro atoms. The number of rotatable bonds is 7. The highest BCUT2D eigenvalue weighted by Crippen LogP contribution is 2.12. The molecule has 1 aromatic rings. The Morgan fingerprint density at radius 1 is 1.43 bits per heavy atom. The molecule has 1 atom stereocenters. The summed E-state index contributed by atoms with van der Waals surface area (Å²) in [5.74, 6) is 0.630. The smallest absolute Gasteiger partial charge is 0.243 e. The molecular formula is C15H28IN5OS. The molecule has 8 heteroatoms. The van der Waals surface area contributed by atoms with Crippen molar-refractivity contribution in [2.75, 3.05) is 20.6 Å². The monoisotopic (exact) mass is 453 g/mol. The number of aliphatic imine (C=N–C) groups is 1. The first-order chi connectivity index (χ1) is 10.5. The topological polar surface area (TPSA) is 69.6 Å². The summed E-state index contributed by atoms with van der Waals surface area (Å²) in [6.07, 6.45) is 3.90. The number of amides is 1. The molecule has 1 amide bonds. The van der Waals surface area contributed by atoms with Crippen LogP contribution < -0.4 is 10.6 Å². The third-order valence-corrected chi connectivity index (χ3v) is 4.37. The summed E-state index contributed by atoms with van der Waals surface area (Å²) in [4.78, 5) is 23.2. The second kappa shape index (κ2) is 11.6. The number of hydrogen-bond acceptors (Lipinski definition) is 4. The van der Waals surface area contributed by atoms with Crippen molar-refractivity contribution >= 4 is 47.2 Å². The van der Waals surface area contributed by atoms with Gasteiger partial charge in [-0.25, -0.2) is 9.98 Å². The summed E-state index contributed by atoms with van der Waals surface area (Å²) in [7, 11) is 3.46. The van der Waals surface area contributed by atoms with Crippen molar-refractivity contribution in [3.8, 4) is 0 Å². The molecular weight excluding hydrogens is 425 g/mol. The number of likely N-dealkylation sites (N-methyl/N-ethyl adjacent to an activating group) is 1. The number of nitrogens with one attached hydrogen (secondary N) is 2. The quantitative estimate of drug-likeness (QED) is 0.378. The largest absolute Gasteiger partial charge is 0.354 e. The second-order valence-electron chi connectivity index (χ2n) is 5.33. The van der Waals surface area contributed by atoms with Crippen LogP contribution in [0.3, 0.4) is 0 Å². The fraction of sp³-hybridized carbons (Fsp3) is 0.667. The Labute approximate surface area is 160 Å². The van der Waals surface area contributed by atoms with Crippen molar-refractivity contribution in [1.82, 2.24) is 20.5 Å². The molecule has 1 unspecified atom stereocenters. The Kier molecular flexibility index (Phi) is 11.2. The first-order valence-electron chi connectivity index (χ1n) is 7.64. The van der Waals surface area contributed by atoms with Crippen LogP contribution in [0.5, 0.6) is 0 Å². The van der Waals surface area contributed by atoms with Crippen molar-refractivity contribution in [3.63, 3.8) is 0 Å². The molecule has 0 fully saturated rings. The van der Waals surface area contributed by atoms with Crippen molar-refractivity contribution in [3.05, 3.63) is 16.1 Å². The van der Waals surface area contributed by atoms with E-state index in [0.717, 1.165) is 17.8 Å². The Balaban J connectivity index is 0.00000484. The lowest BCUT2D eigenvalue weighted by atomic mass is 10.3. The number of aryl methyl sites for hydroxylation is 1. The summed E-state index contributed by atoms with van der Waals surface area (Å²) in [6, 6.07) is 0.295. The van der Waals surface area contributed by atoms with Gasteiger partial charge >= 0.3 is 0 Å². The van der Waals surface area contributed by atoms with Crippen LogP contribution in [0.4, 0.5) is 0 Å². The van der Waals surface area contributed by atoms with Crippen LogP contribution in [0.15, 0.2) is 11.2 Å². The van der Waals surface area contributed by atoms with Crippen LogP contribution in [0.1, 0.15) is 37.1 Å². The average molecular weight is 453 g/mol. The highest BCUT2D eigenvalue weighted by molar-refractivity contribution is 14.0. The molecule has 0 saturated heterocycles. The Morgan fingerprint density at radius 2 is 2.13 bits per heavy atom. The molecule has 0 aliphatic rings. The lowest BCUT2D eigenvalue weighted by molar-refractivity contribution is -0.127. The first kappa shape index (κ1) is 22.1. The second-order valence-corrected chi connectivity index (χ2v) is 6.53. The number of nitrogens with zero attached hydrogens (tertiary/aromatic N) is 3. The molecule has 0 aliphatic carbocycles. The van der Waals surface area contributed by atoms with Crippen molar-refractivity contribution in [2.24, 2.45) is 4.99 Å². The van der Waals surface area contributed by atoms with Gasteiger partial charge in [0.1, 0.15) is 11.6 Å². The fourth-order valence-corrected chi connectivity index (χ4v) is 2.33. The van der Waals surface area contributed by atoms with Gasteiger partial charge in [0.05, 0.1) is 6.54 Å². The van der Waals surface area contributed by atoms with Gasteiger partial charge in [-0.3, -0.25) is 4.79 Å². The molecule has 0 aliphatic heterocycles. The van der Waals surface area contributed by atoms with Gasteiger partial charge in [0.25, 0.3) is 0 Å². The van der Waals surface area contributed by atoms with E-state index < -0.39 is 0 Å². The SMILES string of the molecule is CCc1cnc(CNC(=NCC(=O)N(C)C)NC(C)CC)s1.I. The maximum Gasteiger partial charge on any atom is 0.243 e. The average Bonchev–Trinajstić information content (AvgIpc) is 2.97. The van der Waals surface area contributed by atoms with Crippen molar-refractivity contribution in [1.29, 1.82) is 0 Å². The van der Waals surface area contributed by atoms with Crippen LogP contribution in [-0.4, -0.2) is 48.4 Å². The van der Waals surface area contributed by atoms with Gasteiger partial charge in [-0.15, -0.1) is 35.3 Å². The van der Waals surface area contributed by atoms with Gasteiger partial charge < -0.3 is 15.5 Å². The van der Waals surface area contributed by atoms with E-state index in [4.69, 9.17) is 0 Å². The molecule has 6 nitrogen and oxygen atoms in total. The molecule has 1 rings (SSSR count). The summed E-state index contributed by atoms with van der Waals surface area (Å²) in [5, 5.41) is 7.57. The number of carbonyl (C=O) groups is 1. The molecule has 1 aromatic heterocycles. The van der Waals surface area contributed by atoms with Crippen LogP contribution in [0, 0.1) is 0 Å². The van der Waals surface area contributed by atoms with Crippen molar-refractivity contribution < 1.29 is 4.79 Å². The fourth-order valence-electron chi connectivity index (χ4n) is 1.53. The minimum absolute atomic E-state index is 0. The lowest BCUT2D eigenvalue weighted by Gasteiger charge is -2.17. The Bertz CT molecular complexity index is 504. The molecule has 132 valence electrons. The van der Waals surface area contributed by atoms with E-state index in [9.17, 15) is 4.79 Å². The van der Waals surface area contributed by atoms with Crippen LogP contribution in [-0.2, 0) is 17.8 Å². The minimum atomic E-state index is -0.0206. The molecule has 23 heavy (non-hydrogen) atoms. The maximum atomic E-state index is 11.7. The van der Waals surface area contributed by atoms with E-state index >= 15 is 0 Å². The number of hydrogen-bond donors (Lipinski definition) is 2. The van der Waals surface area contributed by atoms with Gasteiger partial charge in [0.15, 0.2) is 5.96 Å². The summed E-state index contributed by atoms with van der Waals surface area (Å²) >= 11 is 1.70. The van der Waals surface area contributed by atoms with Crippen LogP contribution in [0.25, 0.3) is 0 Å². The molecule has 2 N–H and O–H groups in total. The van der Waals surface area contributed by atoms with E-state index in [0.29, 0.717) is 18.5 Å². The lowest BCUT2D eigenvalue weighted by Crippen LogP contribution is -2.42. The van der Waals surface area contributed by atoms with Gasteiger partial charge in [-0.05, 0) is 19.8 Å². The predicted octanol–water partition coefficient (Wildman–Crippen LogP) is 2.25. The number of carbonyl (C=O) groups excluding carboxylic acids is 1. The normalized spacial score (nSPS) is 12.3. The number of guanidine groups is 1. The zero-order valence-electron chi connectivity index (χ0n) is 14.5. The van der Waals surface area contributed by atoms with Gasteiger partial charge in [-0.2, -0.15) is 0 Å². The number of thiazole rings is 1. The molecule has 0 bridgehead atoms. The zero-order valence-corrected chi connectivity index (χ0v) is 17.7. The van der Waals surface area contributed by atoms with E-state index in [1.54, 1.807) is 30.3 Å². The zero-order chi connectivity index (χ0) is 16.5. The predicted molar refractivity (Wildman–Crippen MR) is 108 cm³/mol. The van der Waals surface area contributed by atoms with E-state index in [2.05, 4.69) is 41.4 Å². The van der Waals surface area contributed by atoms with E-state index in [1.807, 2.05) is 6.20 Å². The molecule has 0 aromatic carbocycles. The standard InChI is InChI=1S/C15H27N5OS.HI/c1-6-11(3)19-15(18-10-14(21)20(4)5)17-9-13-16-8-12(7-2)22-13;/h8,11H,6-7,9-10H2,1-5H3,(H2,17,18,19);1H. The molecule has 1 heterocycles. The van der Waals surface area contributed by atoms with Crippen molar-refractivity contribution in [2.45, 2.75) is 46.2 Å². The van der Waals surface area contributed by atoms with Gasteiger partial charge in [0, 0.05) is 31.2 Å². The molecule has 0 saturated carbocycles. The van der Waals surface area contributed by atoms with E-state index in [-0.39, 0.29) is 36.4 Å². The summed E-state index contributed by atoms with van der Waals surface area (Å²) in [5.41, 5.74) is 0. The highest BCUT2D eigenvalue weighted by Gasteiger charge is 2.08. The third kappa shape index (κ3) is 8.50.